The molecule has 0 aliphatic carbocycles. The first kappa shape index (κ1) is 15.3. The standard InChI is InChI=1S/C17H22N2O2S/c1-12-6-8-15(9-7-12)16-14(3)17(18-22(16,20)21)19-10-4-5-13(2)11-19/h6-9,13H,4-5,10-11H2,1-3H3. The molecule has 118 valence electrons. The Labute approximate surface area is 132 Å². The van der Waals surface area contributed by atoms with E-state index in [1.54, 1.807) is 0 Å². The number of nitrogens with zero attached hydrogens (tertiary/aromatic N) is 2. The molecule has 0 spiro atoms. The van der Waals surface area contributed by atoms with E-state index in [2.05, 4.69) is 16.2 Å². The number of hydrogen-bond donors (Lipinski definition) is 0. The maximum atomic E-state index is 12.5. The predicted molar refractivity (Wildman–Crippen MR) is 90.1 cm³/mol. The highest BCUT2D eigenvalue weighted by Crippen LogP contribution is 2.34. The van der Waals surface area contributed by atoms with Crippen molar-refractivity contribution in [3.05, 3.63) is 41.0 Å². The lowest BCUT2D eigenvalue weighted by Crippen LogP contribution is -2.39. The van der Waals surface area contributed by atoms with Crippen LogP contribution in [0.5, 0.6) is 0 Å². The molecule has 0 saturated carbocycles. The van der Waals surface area contributed by atoms with E-state index >= 15 is 0 Å². The predicted octanol–water partition coefficient (Wildman–Crippen LogP) is 3.20. The van der Waals surface area contributed by atoms with Crippen LogP contribution in [0, 0.1) is 12.8 Å². The summed E-state index contributed by atoms with van der Waals surface area (Å²) >= 11 is 0. The first-order chi connectivity index (χ1) is 10.4. The Morgan fingerprint density at radius 2 is 1.86 bits per heavy atom. The molecular formula is C17H22N2O2S. The Morgan fingerprint density at radius 1 is 1.18 bits per heavy atom. The fourth-order valence-corrected chi connectivity index (χ4v) is 4.75. The molecule has 1 atom stereocenters. The number of aryl methyl sites for hydroxylation is 1. The van der Waals surface area contributed by atoms with Gasteiger partial charge in [-0.25, -0.2) is 0 Å². The van der Waals surface area contributed by atoms with Gasteiger partial charge in [-0.3, -0.25) is 0 Å². The topological polar surface area (TPSA) is 49.7 Å². The van der Waals surface area contributed by atoms with Crippen LogP contribution < -0.4 is 0 Å². The van der Waals surface area contributed by atoms with Crippen molar-refractivity contribution in [2.24, 2.45) is 10.3 Å². The van der Waals surface area contributed by atoms with E-state index in [-0.39, 0.29) is 0 Å². The fraction of sp³-hybridized carbons (Fsp3) is 0.471. The molecule has 1 aromatic rings. The van der Waals surface area contributed by atoms with Gasteiger partial charge in [-0.1, -0.05) is 36.8 Å². The van der Waals surface area contributed by atoms with Gasteiger partial charge in [0.1, 0.15) is 10.7 Å². The SMILES string of the molecule is CC1=C(c2ccc(C)cc2)S(=O)(=O)N=C1N1CCCC(C)C1. The molecule has 2 heterocycles. The quantitative estimate of drug-likeness (QED) is 0.799. The maximum absolute atomic E-state index is 12.5. The van der Waals surface area contributed by atoms with Crippen LogP contribution in [0.25, 0.3) is 4.91 Å². The van der Waals surface area contributed by atoms with Crippen LogP contribution >= 0.6 is 0 Å². The zero-order valence-corrected chi connectivity index (χ0v) is 14.2. The van der Waals surface area contributed by atoms with Crippen molar-refractivity contribution in [3.63, 3.8) is 0 Å². The average Bonchev–Trinajstić information content (AvgIpc) is 2.70. The minimum Gasteiger partial charge on any atom is -0.355 e. The highest BCUT2D eigenvalue weighted by atomic mass is 32.2. The molecular weight excluding hydrogens is 296 g/mol. The second-order valence-corrected chi connectivity index (χ2v) is 7.94. The van der Waals surface area contributed by atoms with Crippen LogP contribution in [0.4, 0.5) is 0 Å². The summed E-state index contributed by atoms with van der Waals surface area (Å²) in [6.45, 7) is 7.84. The molecule has 22 heavy (non-hydrogen) atoms. The zero-order chi connectivity index (χ0) is 15.9. The first-order valence-electron chi connectivity index (χ1n) is 7.76. The van der Waals surface area contributed by atoms with Crippen LogP contribution in [0.2, 0.25) is 0 Å². The molecule has 0 aromatic heterocycles. The number of likely N-dealkylation sites (tertiary alicyclic amines) is 1. The second kappa shape index (κ2) is 5.54. The molecule has 0 radical (unpaired) electrons. The summed E-state index contributed by atoms with van der Waals surface area (Å²) in [5.41, 5.74) is 2.62. The van der Waals surface area contributed by atoms with Crippen molar-refractivity contribution < 1.29 is 8.42 Å². The molecule has 0 amide bonds. The Balaban J connectivity index is 2.02. The van der Waals surface area contributed by atoms with Crippen LogP contribution in [0.3, 0.4) is 0 Å². The molecule has 4 nitrogen and oxygen atoms in total. The van der Waals surface area contributed by atoms with E-state index in [1.165, 1.54) is 6.42 Å². The third-order valence-electron chi connectivity index (χ3n) is 4.41. The molecule has 5 heteroatoms. The first-order valence-corrected chi connectivity index (χ1v) is 9.20. The van der Waals surface area contributed by atoms with Gasteiger partial charge in [0.05, 0.1) is 0 Å². The molecule has 1 fully saturated rings. The van der Waals surface area contributed by atoms with Gasteiger partial charge in [-0.05, 0) is 38.2 Å². The van der Waals surface area contributed by atoms with E-state index < -0.39 is 10.0 Å². The van der Waals surface area contributed by atoms with Crippen molar-refractivity contribution >= 4 is 20.8 Å². The molecule has 1 saturated heterocycles. The zero-order valence-electron chi connectivity index (χ0n) is 13.3. The van der Waals surface area contributed by atoms with E-state index in [0.717, 1.165) is 36.2 Å². The van der Waals surface area contributed by atoms with E-state index in [1.807, 2.05) is 38.1 Å². The van der Waals surface area contributed by atoms with Crippen LogP contribution in [0.15, 0.2) is 34.2 Å². The lowest BCUT2D eigenvalue weighted by Gasteiger charge is -2.32. The monoisotopic (exact) mass is 318 g/mol. The Bertz CT molecular complexity index is 745. The number of sulfonamides is 1. The lowest BCUT2D eigenvalue weighted by atomic mass is 9.99. The van der Waals surface area contributed by atoms with Crippen molar-refractivity contribution in [1.29, 1.82) is 0 Å². The third-order valence-corrected chi connectivity index (χ3v) is 5.88. The molecule has 1 aromatic carbocycles. The van der Waals surface area contributed by atoms with Gasteiger partial charge in [-0.2, -0.15) is 8.42 Å². The van der Waals surface area contributed by atoms with Gasteiger partial charge in [0, 0.05) is 18.7 Å². The molecule has 2 aliphatic heterocycles. The maximum Gasteiger partial charge on any atom is 0.285 e. The minimum absolute atomic E-state index is 0.362. The van der Waals surface area contributed by atoms with Crippen molar-refractivity contribution in [1.82, 2.24) is 4.90 Å². The Morgan fingerprint density at radius 3 is 2.50 bits per heavy atom. The number of rotatable bonds is 1. The molecule has 0 bridgehead atoms. The van der Waals surface area contributed by atoms with Gasteiger partial charge in [0.2, 0.25) is 0 Å². The highest BCUT2D eigenvalue weighted by molar-refractivity contribution is 8.00. The smallest absolute Gasteiger partial charge is 0.285 e. The summed E-state index contributed by atoms with van der Waals surface area (Å²) in [6.07, 6.45) is 2.29. The van der Waals surface area contributed by atoms with Crippen molar-refractivity contribution in [2.45, 2.75) is 33.6 Å². The third kappa shape index (κ3) is 2.70. The van der Waals surface area contributed by atoms with E-state index in [0.29, 0.717) is 16.7 Å². The summed E-state index contributed by atoms with van der Waals surface area (Å²) in [4.78, 5) is 2.49. The highest BCUT2D eigenvalue weighted by Gasteiger charge is 2.34. The summed E-state index contributed by atoms with van der Waals surface area (Å²) < 4.78 is 29.1. The molecule has 2 aliphatic rings. The number of benzene rings is 1. The van der Waals surface area contributed by atoms with Crippen molar-refractivity contribution in [2.75, 3.05) is 13.1 Å². The summed E-state index contributed by atoms with van der Waals surface area (Å²) in [5.74, 6) is 1.22. The fourth-order valence-electron chi connectivity index (χ4n) is 3.27. The number of hydrogen-bond acceptors (Lipinski definition) is 3. The van der Waals surface area contributed by atoms with Gasteiger partial charge in [-0.15, -0.1) is 4.40 Å². The van der Waals surface area contributed by atoms with Gasteiger partial charge >= 0.3 is 0 Å². The molecule has 0 N–H and O–H groups in total. The Hall–Kier alpha value is -1.62. The number of amidine groups is 1. The van der Waals surface area contributed by atoms with Crippen molar-refractivity contribution in [3.8, 4) is 0 Å². The van der Waals surface area contributed by atoms with E-state index in [4.69, 9.17) is 0 Å². The van der Waals surface area contributed by atoms with Gasteiger partial charge in [0.15, 0.2) is 0 Å². The largest absolute Gasteiger partial charge is 0.355 e. The summed E-state index contributed by atoms with van der Waals surface area (Å²) in [5, 5.41) is 0. The minimum atomic E-state index is -3.59. The average molecular weight is 318 g/mol. The normalized spacial score (nSPS) is 24.6. The lowest BCUT2D eigenvalue weighted by molar-refractivity contribution is 0.274. The Kier molecular flexibility index (Phi) is 3.85. The van der Waals surface area contributed by atoms with Crippen LogP contribution in [0.1, 0.15) is 37.8 Å². The van der Waals surface area contributed by atoms with Crippen LogP contribution in [-0.2, 0) is 10.0 Å². The molecule has 1 unspecified atom stereocenters. The summed E-state index contributed by atoms with van der Waals surface area (Å²) in [7, 11) is -3.59. The number of piperidine rings is 1. The molecule has 3 rings (SSSR count). The van der Waals surface area contributed by atoms with Gasteiger partial charge in [0.25, 0.3) is 10.0 Å². The van der Waals surface area contributed by atoms with E-state index in [9.17, 15) is 8.42 Å². The summed E-state index contributed by atoms with van der Waals surface area (Å²) in [6, 6.07) is 7.60. The van der Waals surface area contributed by atoms with Gasteiger partial charge < -0.3 is 4.90 Å². The van der Waals surface area contributed by atoms with Crippen LogP contribution in [-0.4, -0.2) is 32.2 Å². The second-order valence-electron chi connectivity index (χ2n) is 6.40.